The number of ether oxygens (including phenoxy) is 1. The molecule has 2 aromatic heterocycles. The summed E-state index contributed by atoms with van der Waals surface area (Å²) < 4.78 is 10.5. The van der Waals surface area contributed by atoms with E-state index >= 15 is 0 Å². The first-order valence-corrected chi connectivity index (χ1v) is 14.3. The topological polar surface area (TPSA) is 61.4 Å². The van der Waals surface area contributed by atoms with Crippen LogP contribution in [0.15, 0.2) is 119 Å². The van der Waals surface area contributed by atoms with Gasteiger partial charge in [0.05, 0.1) is 42.3 Å². The number of fused-ring (bicyclic) bond motifs is 2. The van der Waals surface area contributed by atoms with Crippen molar-refractivity contribution in [3.05, 3.63) is 142 Å². The van der Waals surface area contributed by atoms with E-state index < -0.39 is 0 Å². The van der Waals surface area contributed by atoms with Crippen LogP contribution in [0.5, 0.6) is 0 Å². The number of nitrogens with zero attached hydrogens (tertiary/aromatic N) is 4. The summed E-state index contributed by atoms with van der Waals surface area (Å²) in [6.45, 7) is 1.90. The zero-order chi connectivity index (χ0) is 28.2. The monoisotopic (exact) mass is 604 g/mol. The Morgan fingerprint density at radius 2 is 1.49 bits per heavy atom. The molecular weight excluding hydrogens is 576 g/mol. The van der Waals surface area contributed by atoms with Crippen molar-refractivity contribution in [1.29, 1.82) is 0 Å². The lowest BCUT2D eigenvalue weighted by Gasteiger charge is -2.10. The Kier molecular flexibility index (Phi) is 7.78. The average molecular weight is 606 g/mol. The molecule has 6 rings (SSSR count). The highest BCUT2D eigenvalue weighted by Crippen LogP contribution is 2.21. The van der Waals surface area contributed by atoms with Gasteiger partial charge in [-0.25, -0.2) is 4.79 Å². The molecule has 6 aromatic rings. The Balaban J connectivity index is 1.46. The van der Waals surface area contributed by atoms with Gasteiger partial charge in [-0.1, -0.05) is 76.6 Å². The molecule has 0 aliphatic heterocycles. The summed E-state index contributed by atoms with van der Waals surface area (Å²) in [6, 6.07) is 34.8. The lowest BCUT2D eigenvalue weighted by molar-refractivity contribution is 0.0600. The van der Waals surface area contributed by atoms with Gasteiger partial charge in [0.2, 0.25) is 5.62 Å². The second kappa shape index (κ2) is 11.9. The number of hydrogen-bond acceptors (Lipinski definition) is 4. The maximum Gasteiger partial charge on any atom is 0.337 e. The normalized spacial score (nSPS) is 11.8. The molecule has 0 N–H and O–H groups in total. The van der Waals surface area contributed by atoms with Gasteiger partial charge in [0.1, 0.15) is 0 Å². The first-order valence-electron chi connectivity index (χ1n) is 13.5. The van der Waals surface area contributed by atoms with Crippen molar-refractivity contribution in [2.45, 2.75) is 19.5 Å². The Labute approximate surface area is 246 Å². The second-order valence-corrected chi connectivity index (χ2v) is 10.8. The largest absolute Gasteiger partial charge is 0.465 e. The molecule has 204 valence electrons. The number of rotatable bonds is 8. The summed E-state index contributed by atoms with van der Waals surface area (Å²) in [5.74, 6) is -0.340. The third-order valence-corrected chi connectivity index (χ3v) is 7.80. The summed E-state index contributed by atoms with van der Waals surface area (Å²) in [5.41, 5.74) is 8.08. The molecule has 7 heteroatoms. The van der Waals surface area contributed by atoms with Gasteiger partial charge in [-0.2, -0.15) is 0 Å². The quantitative estimate of drug-likeness (QED) is 0.180. The smallest absolute Gasteiger partial charge is 0.337 e. The lowest BCUT2D eigenvalue weighted by atomic mass is 10.1. The molecule has 41 heavy (non-hydrogen) atoms. The molecule has 0 bridgehead atoms. The van der Waals surface area contributed by atoms with E-state index in [0.717, 1.165) is 49.6 Å². The minimum Gasteiger partial charge on any atom is -0.465 e. The molecule has 2 heterocycles. The van der Waals surface area contributed by atoms with Crippen molar-refractivity contribution in [3.63, 3.8) is 0 Å². The predicted molar refractivity (Wildman–Crippen MR) is 166 cm³/mol. The molecule has 6 nitrogen and oxygen atoms in total. The van der Waals surface area contributed by atoms with Crippen molar-refractivity contribution in [2.75, 3.05) is 13.7 Å². The van der Waals surface area contributed by atoms with E-state index in [2.05, 4.69) is 97.9 Å². The minimum atomic E-state index is -0.340. The van der Waals surface area contributed by atoms with Crippen LogP contribution >= 0.6 is 15.9 Å². The highest BCUT2D eigenvalue weighted by Gasteiger charge is 2.15. The molecule has 0 saturated heterocycles. The molecule has 0 aliphatic carbocycles. The third kappa shape index (κ3) is 5.72. The Bertz CT molecular complexity index is 1900. The third-order valence-electron chi connectivity index (χ3n) is 7.27. The van der Waals surface area contributed by atoms with Crippen LogP contribution in [0.4, 0.5) is 0 Å². The van der Waals surface area contributed by atoms with E-state index in [-0.39, 0.29) is 5.97 Å². The summed E-state index contributed by atoms with van der Waals surface area (Å²) >= 11 is 3.52. The van der Waals surface area contributed by atoms with Gasteiger partial charge in [-0.05, 0) is 65.6 Å². The summed E-state index contributed by atoms with van der Waals surface area (Å²) in [6.07, 6.45) is 2.68. The van der Waals surface area contributed by atoms with Gasteiger partial charge < -0.3 is 13.9 Å². The second-order valence-electron chi connectivity index (χ2n) is 9.90. The molecule has 0 aliphatic rings. The number of benzene rings is 4. The van der Waals surface area contributed by atoms with Gasteiger partial charge >= 0.3 is 5.97 Å². The van der Waals surface area contributed by atoms with Crippen molar-refractivity contribution in [2.24, 2.45) is 4.99 Å². The number of imidazole rings is 1. The van der Waals surface area contributed by atoms with Crippen LogP contribution < -0.4 is 5.62 Å². The number of carbonyl (C=O) groups is 1. The number of halogens is 1. The maximum absolute atomic E-state index is 12.0. The van der Waals surface area contributed by atoms with Gasteiger partial charge in [-0.15, -0.1) is 0 Å². The fraction of sp³-hybridized carbons (Fsp3) is 0.147. The van der Waals surface area contributed by atoms with E-state index in [9.17, 15) is 4.79 Å². The number of methoxy groups -OCH3 is 1. The van der Waals surface area contributed by atoms with Crippen LogP contribution in [-0.4, -0.2) is 33.7 Å². The Morgan fingerprint density at radius 1 is 0.805 bits per heavy atom. The van der Waals surface area contributed by atoms with Gasteiger partial charge in [0.15, 0.2) is 0 Å². The van der Waals surface area contributed by atoms with Crippen molar-refractivity contribution >= 4 is 43.8 Å². The fourth-order valence-corrected chi connectivity index (χ4v) is 5.48. The molecule has 0 atom stereocenters. The summed E-state index contributed by atoms with van der Waals surface area (Å²) in [5, 5.41) is 1.12. The van der Waals surface area contributed by atoms with Gasteiger partial charge in [-0.3, -0.25) is 9.98 Å². The van der Waals surface area contributed by atoms with E-state index in [1.165, 1.54) is 12.7 Å². The van der Waals surface area contributed by atoms with Crippen molar-refractivity contribution in [3.8, 4) is 0 Å². The van der Waals surface area contributed by atoms with Crippen LogP contribution in [0.25, 0.3) is 21.9 Å². The number of pyridine rings is 1. The van der Waals surface area contributed by atoms with Crippen LogP contribution in [0, 0.1) is 0 Å². The predicted octanol–water partition coefficient (Wildman–Crippen LogP) is 6.78. The van der Waals surface area contributed by atoms with Crippen LogP contribution in [0.1, 0.15) is 27.0 Å². The minimum absolute atomic E-state index is 0.340. The molecule has 0 spiro atoms. The van der Waals surface area contributed by atoms with Crippen LogP contribution in [0.2, 0.25) is 0 Å². The Hall–Kier alpha value is -4.49. The van der Waals surface area contributed by atoms with E-state index in [1.807, 2.05) is 36.5 Å². The van der Waals surface area contributed by atoms with E-state index in [4.69, 9.17) is 14.7 Å². The number of hydrogen-bond donors (Lipinski definition) is 0. The van der Waals surface area contributed by atoms with Gasteiger partial charge in [0.25, 0.3) is 0 Å². The maximum atomic E-state index is 12.0. The van der Waals surface area contributed by atoms with Gasteiger partial charge in [0, 0.05) is 22.6 Å². The molecule has 0 unspecified atom stereocenters. The van der Waals surface area contributed by atoms with E-state index in [0.29, 0.717) is 25.2 Å². The molecule has 0 amide bonds. The SMILES string of the molecule is COC(=O)c1ccc(Cn2c(=NCCc3ccc(Br)cc3)n(Cc3cccc4cccnc34)c3ccccc32)cc1. The molecule has 0 radical (unpaired) electrons. The van der Waals surface area contributed by atoms with Crippen LogP contribution in [-0.2, 0) is 24.2 Å². The zero-order valence-corrected chi connectivity index (χ0v) is 24.3. The summed E-state index contributed by atoms with van der Waals surface area (Å²) in [4.78, 5) is 21.9. The van der Waals surface area contributed by atoms with Crippen LogP contribution in [0.3, 0.4) is 0 Å². The highest BCUT2D eigenvalue weighted by molar-refractivity contribution is 9.10. The average Bonchev–Trinajstić information content (AvgIpc) is 3.30. The summed E-state index contributed by atoms with van der Waals surface area (Å²) in [7, 11) is 1.40. The number of esters is 1. The molecule has 0 saturated carbocycles. The number of carbonyl (C=O) groups excluding carboxylic acids is 1. The van der Waals surface area contributed by atoms with Crippen molar-refractivity contribution < 1.29 is 9.53 Å². The van der Waals surface area contributed by atoms with Crippen molar-refractivity contribution in [1.82, 2.24) is 14.1 Å². The Morgan fingerprint density at radius 3 is 2.22 bits per heavy atom. The number of para-hydroxylation sites is 3. The highest BCUT2D eigenvalue weighted by atomic mass is 79.9. The molecule has 0 fully saturated rings. The fourth-order valence-electron chi connectivity index (χ4n) is 5.21. The van der Waals surface area contributed by atoms with E-state index in [1.54, 1.807) is 0 Å². The standard InChI is InChI=1S/C34H29BrN4O2/c1-41-33(40)27-15-11-25(12-16-27)22-38-30-9-2-3-10-31(30)39(23-28-7-4-6-26-8-5-20-36-32(26)28)34(38)37-21-19-24-13-17-29(35)18-14-24/h2-18,20H,19,21-23H2,1H3. The lowest BCUT2D eigenvalue weighted by Crippen LogP contribution is -2.28. The molecular formula is C34H29BrN4O2. The first-order chi connectivity index (χ1) is 20.1. The zero-order valence-electron chi connectivity index (χ0n) is 22.7. The molecule has 4 aromatic carbocycles. The first kappa shape index (κ1) is 26.7. The number of aromatic nitrogens is 3.